The zero-order valence-corrected chi connectivity index (χ0v) is 76.5. The Labute approximate surface area is 672 Å². The van der Waals surface area contributed by atoms with E-state index in [1.807, 2.05) is 20.8 Å². The Bertz CT molecular complexity index is 3900. The molecule has 4 aliphatic rings. The number of aliphatic hydroxyl groups is 2. The number of hydrogen-bond acceptors (Lipinski definition) is 27. The van der Waals surface area contributed by atoms with Gasteiger partial charge in [-0.15, -0.1) is 0 Å². The molecule has 38 heteroatoms. The quantitative estimate of drug-likeness (QED) is 0.0330. The highest BCUT2D eigenvalue weighted by Gasteiger charge is 2.55. The number of halogens is 1. The van der Waals surface area contributed by atoms with Gasteiger partial charge in [-0.3, -0.25) is 18.3 Å². The van der Waals surface area contributed by atoms with Gasteiger partial charge >= 0.3 is 22.8 Å². The third-order valence-corrected chi connectivity index (χ3v) is 41.2. The standard InChI is InChI=1S/C20H33N5O4Si.2C18H33N3O4Si.C11H17N3O5.C6H15ClSi.CH4.H3N.H2O/c1-9-14-15(29-30(7,8)20(3,4)5)16(27-6)18(28-14)24-10-13(2)17(23-19(24)26)25-12-21-11-22-25;2*1-9-12-13(25-26(7,8)18(3,4)5)14(23-6)16(24-12)21-10-11(2)15(19)20-17(21)22;1-5-3-14(11(17)13-9(5)12)10-8(18-2)7(16)6(4-15)19-10;1-6(2,3)8(4,5)7;;;/h10-12,14-16,18H,9H2,1-8H3;2*10,12-14,16H,9H2,1-8H3,(H2,19,20,22);3,6-8,10,15-16H,4H2,1-2H3,(H2,12,13,17);1-5H3;1H4;1H3;1H2/t14-,15?,16+,18-;2*12-,13?,14+,16-;6-,7?,8+,10-;;;;/m1111..../s1. The molecule has 4 saturated heterocycles. The number of aryl methyl sites for hydroxylation is 4. The fraction of sp³-hybridized carbons (Fsp3) is 0.757. The normalized spacial score (nSPS) is 25.5. The zero-order valence-electron chi connectivity index (χ0n) is 71.8. The van der Waals surface area contributed by atoms with Crippen LogP contribution in [0.1, 0.15) is 178 Å². The lowest BCUT2D eigenvalue weighted by molar-refractivity contribution is -0.0625. The average Bonchev–Trinajstić information content (AvgIpc) is 1.63. The summed E-state index contributed by atoms with van der Waals surface area (Å²) in [6, 6.07) is 0. The Morgan fingerprint density at radius 1 is 0.464 bits per heavy atom. The van der Waals surface area contributed by atoms with Crippen molar-refractivity contribution in [1.82, 2.24) is 59.1 Å². The highest BCUT2D eigenvalue weighted by atomic mass is 35.6. The lowest BCUT2D eigenvalue weighted by Crippen LogP contribution is -2.49. The molecule has 4 unspecified atom stereocenters. The second kappa shape index (κ2) is 40.7. The molecule has 4 aliphatic heterocycles. The summed E-state index contributed by atoms with van der Waals surface area (Å²) in [4.78, 5) is 69.1. The van der Waals surface area contributed by atoms with Crippen LogP contribution in [0.4, 0.5) is 17.5 Å². The largest absolute Gasteiger partial charge is 0.412 e. The van der Waals surface area contributed by atoms with Crippen molar-refractivity contribution in [3.05, 3.63) is 102 Å². The van der Waals surface area contributed by atoms with Gasteiger partial charge in [-0.2, -0.15) is 36.1 Å². The molecule has 13 N–H and O–H groups in total. The van der Waals surface area contributed by atoms with E-state index in [-0.39, 0.29) is 94.9 Å². The minimum Gasteiger partial charge on any atom is -0.412 e. The van der Waals surface area contributed by atoms with E-state index in [9.17, 15) is 24.3 Å². The molecule has 9 rings (SSSR count). The molecule has 0 bridgehead atoms. The van der Waals surface area contributed by atoms with Gasteiger partial charge in [0.2, 0.25) is 0 Å². The van der Waals surface area contributed by atoms with Crippen molar-refractivity contribution in [3.63, 3.8) is 0 Å². The first kappa shape index (κ1) is 103. The molecule has 33 nitrogen and oxygen atoms in total. The van der Waals surface area contributed by atoms with Crippen LogP contribution in [-0.2, 0) is 51.2 Å². The molecule has 0 aromatic carbocycles. The van der Waals surface area contributed by atoms with E-state index >= 15 is 0 Å². The number of nitrogens with two attached hydrogens (primary N) is 3. The highest BCUT2D eigenvalue weighted by molar-refractivity contribution is 7.20. The van der Waals surface area contributed by atoms with Crippen molar-refractivity contribution >= 4 is 60.9 Å². The third-order valence-electron chi connectivity index (χ3n) is 22.5. The van der Waals surface area contributed by atoms with Crippen LogP contribution in [0, 0.1) is 27.7 Å². The minimum atomic E-state index is -2.07. The Morgan fingerprint density at radius 3 is 0.955 bits per heavy atom. The van der Waals surface area contributed by atoms with Crippen molar-refractivity contribution in [2.45, 2.75) is 329 Å². The van der Waals surface area contributed by atoms with Crippen LogP contribution >= 0.6 is 11.1 Å². The molecule has 0 radical (unpaired) electrons. The Balaban J connectivity index is 0.000000490. The maximum Gasteiger partial charge on any atom is 0.351 e. The van der Waals surface area contributed by atoms with Crippen LogP contribution in [-0.4, -0.2) is 209 Å². The van der Waals surface area contributed by atoms with Gasteiger partial charge in [-0.25, -0.2) is 28.8 Å². The number of anilines is 3. The monoisotopic (exact) mass is 1670 g/mol. The maximum absolute atomic E-state index is 12.9. The topological polar surface area (TPSA) is 457 Å². The van der Waals surface area contributed by atoms with Gasteiger partial charge in [0, 0.05) is 75.5 Å². The van der Waals surface area contributed by atoms with Crippen LogP contribution in [0.2, 0.25) is 72.5 Å². The zero-order chi connectivity index (χ0) is 83.1. The van der Waals surface area contributed by atoms with Crippen LogP contribution in [0.25, 0.3) is 5.82 Å². The number of aliphatic hydroxyl groups excluding tert-OH is 2. The van der Waals surface area contributed by atoms with Gasteiger partial charge in [0.15, 0.2) is 63.1 Å². The molecular weight excluding hydrogens is 1530 g/mol. The summed E-state index contributed by atoms with van der Waals surface area (Å²) >= 11 is 6.15. The number of ether oxygens (including phenoxy) is 8. The van der Waals surface area contributed by atoms with Crippen LogP contribution < -0.4 is 46.1 Å². The summed E-state index contributed by atoms with van der Waals surface area (Å²) in [6.07, 6.45) is 4.19. The van der Waals surface area contributed by atoms with Gasteiger partial charge in [0.05, 0.1) is 24.9 Å². The van der Waals surface area contributed by atoms with Crippen LogP contribution in [0.15, 0.2) is 56.6 Å². The van der Waals surface area contributed by atoms with E-state index in [0.717, 1.165) is 36.0 Å². The maximum atomic E-state index is 12.9. The van der Waals surface area contributed by atoms with E-state index in [1.54, 1.807) is 46.8 Å². The molecule has 9 heterocycles. The second-order valence-corrected chi connectivity index (χ2v) is 56.0. The van der Waals surface area contributed by atoms with E-state index in [1.165, 1.54) is 48.9 Å². The van der Waals surface area contributed by atoms with Gasteiger partial charge < -0.3 is 90.2 Å². The number of hydrogen-bond donors (Lipinski definition) is 6. The van der Waals surface area contributed by atoms with E-state index in [4.69, 9.17) is 84.6 Å². The summed E-state index contributed by atoms with van der Waals surface area (Å²) in [5, 5.41) is 23.6. The SMILES string of the molecule is C.CC(C)(C)[Si](C)(C)Cl.CC[C@H]1O[C@@H](n2cc(C)c(-n3cncn3)nc2=O)[C@@H](OC)C1O[Si](C)(C)C(C)(C)C.CC[C@H]1O[C@@H](n2cc(C)c(N)nc2=O)[C@@H](OC)C1O[Si](C)(C)C(C)(C)C.CC[C@H]1O[C@@H](n2cc(C)c(N)nc2=O)[C@@H](OC)C1O[Si](C)(C)C(C)(C)C.CO[C@H]1C(O)[C@@H](CO)O[C@H]1n1cc(C)c(N)nc1=O.N.O. The van der Waals surface area contributed by atoms with Crippen LogP contribution in [0.3, 0.4) is 0 Å². The van der Waals surface area contributed by atoms with Crippen molar-refractivity contribution < 1.29 is 66.9 Å². The van der Waals surface area contributed by atoms with Crippen molar-refractivity contribution in [2.24, 2.45) is 0 Å². The lowest BCUT2D eigenvalue weighted by atomic mass is 10.1. The summed E-state index contributed by atoms with van der Waals surface area (Å²) < 4.78 is 73.8. The number of nitrogen functional groups attached to an aromatic ring is 3. The Kier molecular flexibility index (Phi) is 37.3. The van der Waals surface area contributed by atoms with E-state index in [2.05, 4.69) is 186 Å². The molecule has 112 heavy (non-hydrogen) atoms. The molecular formula is C74H140ClN15O18Si4. The Morgan fingerprint density at radius 2 is 0.723 bits per heavy atom. The highest BCUT2D eigenvalue weighted by Crippen LogP contribution is 2.46. The molecule has 16 atom stereocenters. The minimum absolute atomic E-state index is 0. The fourth-order valence-corrected chi connectivity index (χ4v) is 15.4. The summed E-state index contributed by atoms with van der Waals surface area (Å²) in [7, 11) is -1.23. The third kappa shape index (κ3) is 23.9. The smallest absolute Gasteiger partial charge is 0.351 e. The molecule has 0 amide bonds. The molecule has 0 aliphatic carbocycles. The average molecular weight is 1680 g/mol. The molecule has 4 fully saturated rings. The molecule has 0 spiro atoms. The van der Waals surface area contributed by atoms with E-state index in [0.29, 0.717) is 16.4 Å². The molecule has 642 valence electrons. The number of nitrogens with zero attached hydrogens (tertiary/aromatic N) is 11. The summed E-state index contributed by atoms with van der Waals surface area (Å²) in [5.41, 5.74) is 18.0. The van der Waals surface area contributed by atoms with Gasteiger partial charge in [0.1, 0.15) is 85.0 Å². The molecule has 5 aromatic heterocycles. The number of aromatic nitrogens is 11. The predicted octanol–water partition coefficient (Wildman–Crippen LogP) is 10.1. The summed E-state index contributed by atoms with van der Waals surface area (Å²) in [5.74, 6) is 1.06. The summed E-state index contributed by atoms with van der Waals surface area (Å²) in [6.45, 7) is 57.0. The van der Waals surface area contributed by atoms with Crippen molar-refractivity contribution in [3.8, 4) is 5.82 Å². The Hall–Kier alpha value is -5.38. The number of methoxy groups -OCH3 is 4. The molecule has 5 aromatic rings. The molecule has 0 saturated carbocycles. The fourth-order valence-electron chi connectivity index (χ4n) is 11.4. The van der Waals surface area contributed by atoms with E-state index < -0.39 is 117 Å². The van der Waals surface area contributed by atoms with Crippen molar-refractivity contribution in [1.29, 1.82) is 0 Å². The lowest BCUT2D eigenvalue weighted by Gasteiger charge is -2.40. The van der Waals surface area contributed by atoms with Crippen molar-refractivity contribution in [2.75, 3.05) is 52.2 Å². The van der Waals surface area contributed by atoms with Crippen LogP contribution in [0.5, 0.6) is 0 Å². The first-order valence-electron chi connectivity index (χ1n) is 37.3. The second-order valence-electron chi connectivity index (χ2n) is 34.5. The predicted molar refractivity (Wildman–Crippen MR) is 449 cm³/mol. The van der Waals surface area contributed by atoms with Gasteiger partial charge in [-0.05, 0) is 106 Å². The first-order valence-corrected chi connectivity index (χ1v) is 50.1. The van der Waals surface area contributed by atoms with Gasteiger partial charge in [0.25, 0.3) is 0 Å². The first-order chi connectivity index (χ1) is 50.1. The van der Waals surface area contributed by atoms with Gasteiger partial charge in [-0.1, -0.05) is 124 Å². The number of rotatable bonds is 19.